The lowest BCUT2D eigenvalue weighted by Crippen LogP contribution is -2.46. The Balaban J connectivity index is 1.85. The monoisotopic (exact) mass is 492 g/mol. The number of carbonyl (C=O) groups is 4. The number of esters is 2. The molecular formula is C25H36N2O8. The predicted octanol–water partition coefficient (Wildman–Crippen LogP) is 3.82. The average Bonchev–Trinajstić information content (AvgIpc) is 2.73. The Bertz CT molecular complexity index is 859. The number of unbranched alkanes of at least 4 members (excludes halogenated alkanes) is 1. The summed E-state index contributed by atoms with van der Waals surface area (Å²) in [6.07, 6.45) is 0.597. The fraction of sp³-hybridized carbons (Fsp3) is 0.600. The number of amides is 2. The number of cyclic esters (lactones) is 2. The molecule has 10 nitrogen and oxygen atoms in total. The number of hydrogen-bond donors (Lipinski definition) is 2. The Hall–Kier alpha value is -3.30. The number of hydrogen-bond acceptors (Lipinski definition) is 8. The van der Waals surface area contributed by atoms with Gasteiger partial charge in [0.25, 0.3) is 5.79 Å². The summed E-state index contributed by atoms with van der Waals surface area (Å²) in [5, 5.41) is 5.41. The van der Waals surface area contributed by atoms with Gasteiger partial charge in [0, 0.05) is 26.4 Å². The number of alkyl carbamates (subject to hydrolysis) is 2. The number of carbonyl (C=O) groups excluding carboxylic acids is 4. The number of ether oxygens (including phenoxy) is 4. The molecule has 0 saturated carbocycles. The van der Waals surface area contributed by atoms with Gasteiger partial charge in [-0.1, -0.05) is 43.2 Å². The third kappa shape index (κ3) is 10.7. The Morgan fingerprint density at radius 2 is 1.66 bits per heavy atom. The van der Waals surface area contributed by atoms with Gasteiger partial charge in [0.1, 0.15) is 12.2 Å². The lowest BCUT2D eigenvalue weighted by atomic mass is 9.98. The molecule has 0 bridgehead atoms. The lowest BCUT2D eigenvalue weighted by molar-refractivity contribution is -0.240. The summed E-state index contributed by atoms with van der Waals surface area (Å²) >= 11 is 0. The van der Waals surface area contributed by atoms with Gasteiger partial charge >= 0.3 is 24.1 Å². The van der Waals surface area contributed by atoms with Crippen molar-refractivity contribution >= 4 is 24.1 Å². The van der Waals surface area contributed by atoms with Crippen LogP contribution in [0, 0.1) is 5.92 Å². The van der Waals surface area contributed by atoms with Crippen LogP contribution < -0.4 is 10.6 Å². The first-order chi connectivity index (χ1) is 16.3. The quantitative estimate of drug-likeness (QED) is 0.218. The zero-order valence-electron chi connectivity index (χ0n) is 21.1. The number of nitrogens with one attached hydrogen (secondary N) is 2. The van der Waals surface area contributed by atoms with Crippen molar-refractivity contribution in [1.29, 1.82) is 0 Å². The first-order valence-corrected chi connectivity index (χ1v) is 11.7. The van der Waals surface area contributed by atoms with Gasteiger partial charge in [-0.2, -0.15) is 0 Å². The van der Waals surface area contributed by atoms with Crippen molar-refractivity contribution in [2.45, 2.75) is 84.3 Å². The van der Waals surface area contributed by atoms with Crippen LogP contribution in [0.25, 0.3) is 0 Å². The normalized spacial score (nSPS) is 16.5. The van der Waals surface area contributed by atoms with Gasteiger partial charge in [-0.25, -0.2) is 9.59 Å². The topological polar surface area (TPSA) is 129 Å². The zero-order chi connectivity index (χ0) is 26.1. The van der Waals surface area contributed by atoms with Crippen LogP contribution in [0.5, 0.6) is 0 Å². The molecule has 1 saturated heterocycles. The third-order valence-electron chi connectivity index (χ3n) is 4.98. The highest BCUT2D eigenvalue weighted by Gasteiger charge is 2.42. The van der Waals surface area contributed by atoms with E-state index in [0.29, 0.717) is 19.3 Å². The molecule has 194 valence electrons. The van der Waals surface area contributed by atoms with E-state index in [-0.39, 0.29) is 19.6 Å². The second kappa shape index (κ2) is 12.4. The van der Waals surface area contributed by atoms with Crippen LogP contribution in [0.1, 0.15) is 65.9 Å². The van der Waals surface area contributed by atoms with E-state index in [9.17, 15) is 19.2 Å². The van der Waals surface area contributed by atoms with Crippen molar-refractivity contribution in [3.8, 4) is 0 Å². The molecule has 0 radical (unpaired) electrons. The summed E-state index contributed by atoms with van der Waals surface area (Å²) in [6.45, 7) is 8.51. The maximum Gasteiger partial charge on any atom is 0.407 e. The molecule has 2 rings (SSSR count). The second-order valence-corrected chi connectivity index (χ2v) is 9.86. The van der Waals surface area contributed by atoms with Gasteiger partial charge in [0.15, 0.2) is 5.92 Å². The van der Waals surface area contributed by atoms with Gasteiger partial charge < -0.3 is 29.6 Å². The molecule has 10 heteroatoms. The largest absolute Gasteiger partial charge is 0.445 e. The highest BCUT2D eigenvalue weighted by Crippen LogP contribution is 2.26. The van der Waals surface area contributed by atoms with Crippen LogP contribution in [0.2, 0.25) is 0 Å². The number of rotatable bonds is 10. The molecule has 0 spiro atoms. The molecule has 1 fully saturated rings. The van der Waals surface area contributed by atoms with E-state index < -0.39 is 47.5 Å². The van der Waals surface area contributed by atoms with Gasteiger partial charge in [0.05, 0.1) is 0 Å². The highest BCUT2D eigenvalue weighted by molar-refractivity contribution is 5.96. The molecule has 1 aliphatic heterocycles. The van der Waals surface area contributed by atoms with Gasteiger partial charge in [-0.05, 0) is 39.2 Å². The van der Waals surface area contributed by atoms with E-state index in [1.54, 1.807) is 20.8 Å². The van der Waals surface area contributed by atoms with Crippen molar-refractivity contribution in [3.05, 3.63) is 35.9 Å². The fourth-order valence-electron chi connectivity index (χ4n) is 3.40. The molecule has 1 aromatic carbocycles. The smallest absolute Gasteiger partial charge is 0.407 e. The van der Waals surface area contributed by atoms with Crippen LogP contribution in [0.4, 0.5) is 9.59 Å². The van der Waals surface area contributed by atoms with Crippen molar-refractivity contribution in [1.82, 2.24) is 10.6 Å². The summed E-state index contributed by atoms with van der Waals surface area (Å²) in [4.78, 5) is 48.6. The molecule has 0 aromatic heterocycles. The Kier molecular flexibility index (Phi) is 9.91. The SMILES string of the molecule is CC(C)(C)OC(=O)NC[C@@H](CCCCC1C(=O)OC(C)(C)OC1=O)NC(=O)OCc1ccccc1. The molecule has 0 aliphatic carbocycles. The van der Waals surface area contributed by atoms with E-state index in [1.807, 2.05) is 30.3 Å². The molecule has 0 unspecified atom stereocenters. The van der Waals surface area contributed by atoms with Crippen LogP contribution >= 0.6 is 0 Å². The second-order valence-electron chi connectivity index (χ2n) is 9.86. The highest BCUT2D eigenvalue weighted by atomic mass is 16.7. The van der Waals surface area contributed by atoms with Crippen molar-refractivity contribution in [3.63, 3.8) is 0 Å². The van der Waals surface area contributed by atoms with Crippen molar-refractivity contribution < 1.29 is 38.1 Å². The molecule has 2 amide bonds. The molecular weight excluding hydrogens is 456 g/mol. The predicted molar refractivity (Wildman–Crippen MR) is 126 cm³/mol. The first-order valence-electron chi connectivity index (χ1n) is 11.7. The third-order valence-corrected chi connectivity index (χ3v) is 4.98. The van der Waals surface area contributed by atoms with Gasteiger partial charge in [-0.3, -0.25) is 9.59 Å². The summed E-state index contributed by atoms with van der Waals surface area (Å²) in [7, 11) is 0. The Labute approximate surface area is 206 Å². The van der Waals surface area contributed by atoms with Crippen LogP contribution in [0.15, 0.2) is 30.3 Å². The standard InChI is InChI=1S/C25H36N2O8/c1-24(2,3)35-22(30)26-15-18(27-23(31)32-16-17-11-7-6-8-12-17)13-9-10-14-19-20(28)33-25(4,5)34-21(19)29/h6-8,11-12,18-19H,9-10,13-16H2,1-5H3,(H,26,30)(H,27,31)/t18-/m1/s1. The van der Waals surface area contributed by atoms with E-state index in [0.717, 1.165) is 5.56 Å². The fourth-order valence-corrected chi connectivity index (χ4v) is 3.40. The van der Waals surface area contributed by atoms with E-state index in [4.69, 9.17) is 18.9 Å². The van der Waals surface area contributed by atoms with E-state index >= 15 is 0 Å². The van der Waals surface area contributed by atoms with Crippen molar-refractivity contribution in [2.24, 2.45) is 5.92 Å². The molecule has 1 aromatic rings. The van der Waals surface area contributed by atoms with Gasteiger partial charge in [0.2, 0.25) is 0 Å². The summed E-state index contributed by atoms with van der Waals surface area (Å²) in [5.74, 6) is -3.42. The van der Waals surface area contributed by atoms with Crippen LogP contribution in [0.3, 0.4) is 0 Å². The molecule has 2 N–H and O–H groups in total. The van der Waals surface area contributed by atoms with Crippen LogP contribution in [-0.2, 0) is 35.1 Å². The Morgan fingerprint density at radius 1 is 1.03 bits per heavy atom. The zero-order valence-corrected chi connectivity index (χ0v) is 21.1. The Morgan fingerprint density at radius 3 is 2.26 bits per heavy atom. The first kappa shape index (κ1) is 27.9. The summed E-state index contributed by atoms with van der Waals surface area (Å²) < 4.78 is 20.8. The summed E-state index contributed by atoms with van der Waals surface area (Å²) in [6, 6.07) is 8.81. The maximum absolute atomic E-state index is 12.3. The molecule has 1 atom stereocenters. The molecule has 35 heavy (non-hydrogen) atoms. The average molecular weight is 493 g/mol. The van der Waals surface area contributed by atoms with Gasteiger partial charge in [-0.15, -0.1) is 0 Å². The van der Waals surface area contributed by atoms with Crippen LogP contribution in [-0.4, -0.2) is 48.1 Å². The minimum Gasteiger partial charge on any atom is -0.445 e. The molecule has 1 aliphatic rings. The lowest BCUT2D eigenvalue weighted by Gasteiger charge is -2.32. The minimum atomic E-state index is -1.26. The van der Waals surface area contributed by atoms with E-state index in [2.05, 4.69) is 10.6 Å². The molecule has 1 heterocycles. The number of benzene rings is 1. The summed E-state index contributed by atoms with van der Waals surface area (Å²) in [5.41, 5.74) is 0.194. The maximum atomic E-state index is 12.3. The van der Waals surface area contributed by atoms with Crippen molar-refractivity contribution in [2.75, 3.05) is 6.54 Å². The van der Waals surface area contributed by atoms with E-state index in [1.165, 1.54) is 13.8 Å². The minimum absolute atomic E-state index is 0.112.